The molecule has 0 aromatic carbocycles. The zero-order chi connectivity index (χ0) is 11.1. The smallest absolute Gasteiger partial charge is 0.207 e. The molecule has 0 heterocycles. The van der Waals surface area contributed by atoms with Crippen molar-refractivity contribution in [2.45, 2.75) is 0 Å². The number of aliphatic imine (C=N–C) groups is 1. The van der Waals surface area contributed by atoms with Crippen LogP contribution in [0.3, 0.4) is 0 Å². The molecule has 0 aliphatic rings. The van der Waals surface area contributed by atoms with Crippen LogP contribution in [-0.2, 0) is 4.79 Å². The molecule has 5 nitrogen and oxygen atoms in total. The minimum atomic E-state index is -0.523. The van der Waals surface area contributed by atoms with Gasteiger partial charge in [-0.05, 0) is 0 Å². The highest BCUT2D eigenvalue weighted by Crippen LogP contribution is 1.99. The van der Waals surface area contributed by atoms with E-state index in [0.29, 0.717) is 0 Å². The number of hydrogen-bond donors (Lipinski definition) is 1. The first-order valence-electron chi connectivity index (χ1n) is 4.20. The van der Waals surface area contributed by atoms with Crippen LogP contribution < -0.4 is 0 Å². The molecule has 5 heteroatoms. The fraction of sp³-hybridized carbons (Fsp3) is 0.556. The Morgan fingerprint density at radius 1 is 1.29 bits per heavy atom. The fourth-order valence-corrected chi connectivity index (χ4v) is 0.681. The Bertz CT molecular complexity index is 244. The summed E-state index contributed by atoms with van der Waals surface area (Å²) in [5, 5.41) is 8.69. The summed E-state index contributed by atoms with van der Waals surface area (Å²) in [6, 6.07) is 0. The summed E-state index contributed by atoms with van der Waals surface area (Å²) in [4.78, 5) is 18.5. The molecule has 0 rings (SSSR count). The second-order valence-corrected chi connectivity index (χ2v) is 3.27. The number of aliphatic hydroxyl groups excluding tert-OH is 1. The predicted molar refractivity (Wildman–Crippen MR) is 56.0 cm³/mol. The number of carbonyl (C=O) groups is 1. The first-order chi connectivity index (χ1) is 6.47. The molecule has 1 N–H and O–H groups in total. The van der Waals surface area contributed by atoms with Crippen LogP contribution in [0, 0.1) is 0 Å². The summed E-state index contributed by atoms with van der Waals surface area (Å²) in [6.07, 6.45) is 3.08. The lowest BCUT2D eigenvalue weighted by Gasteiger charge is -2.08. The Hall–Kier alpha value is -1.36. The number of aliphatic hydroxyl groups is 1. The van der Waals surface area contributed by atoms with Crippen LogP contribution >= 0.6 is 0 Å². The molecule has 0 fully saturated rings. The third-order valence-electron chi connectivity index (χ3n) is 1.24. The summed E-state index contributed by atoms with van der Waals surface area (Å²) in [6.45, 7) is -0.523. The molecule has 0 radical (unpaired) electrons. The number of hydrogen-bond acceptors (Lipinski definition) is 4. The molecule has 0 amide bonds. The highest BCUT2D eigenvalue weighted by Gasteiger charge is 2.06. The van der Waals surface area contributed by atoms with Gasteiger partial charge in [-0.1, -0.05) is 0 Å². The van der Waals surface area contributed by atoms with E-state index < -0.39 is 12.4 Å². The largest absolute Gasteiger partial charge is 0.388 e. The van der Waals surface area contributed by atoms with Gasteiger partial charge >= 0.3 is 0 Å². The number of ketones is 1. The average Bonchev–Trinajstić information content (AvgIpc) is 2.10. The van der Waals surface area contributed by atoms with E-state index in [1.807, 2.05) is 0 Å². The van der Waals surface area contributed by atoms with Crippen LogP contribution in [0.1, 0.15) is 0 Å². The van der Waals surface area contributed by atoms with Crippen molar-refractivity contribution >= 4 is 12.1 Å². The lowest BCUT2D eigenvalue weighted by molar-refractivity contribution is -0.118. The normalized spacial score (nSPS) is 11.9. The van der Waals surface area contributed by atoms with Crippen LogP contribution in [-0.4, -0.2) is 61.8 Å². The minimum absolute atomic E-state index is 0.242. The average molecular weight is 199 g/mol. The molecule has 0 atom stereocenters. The molecule has 14 heavy (non-hydrogen) atoms. The molecule has 0 saturated carbocycles. The van der Waals surface area contributed by atoms with Gasteiger partial charge in [0.1, 0.15) is 12.3 Å². The number of Topliss-reactive ketones (excluding diaryl/α,β-unsaturated/α-hetero) is 1. The molecule has 80 valence electrons. The molecular formula is C9H17N3O2. The van der Waals surface area contributed by atoms with Gasteiger partial charge in [-0.3, -0.25) is 4.79 Å². The zero-order valence-electron chi connectivity index (χ0n) is 9.06. The minimum Gasteiger partial charge on any atom is -0.388 e. The van der Waals surface area contributed by atoms with Crippen molar-refractivity contribution in [3.05, 3.63) is 11.9 Å². The van der Waals surface area contributed by atoms with Crippen LogP contribution in [0.4, 0.5) is 0 Å². The zero-order valence-corrected chi connectivity index (χ0v) is 9.06. The SMILES string of the molecule is CN(C)C=N/C(=C/N(C)C)C(=O)CO. The van der Waals surface area contributed by atoms with Gasteiger partial charge in [0.05, 0.1) is 6.34 Å². The quantitative estimate of drug-likeness (QED) is 0.370. The van der Waals surface area contributed by atoms with E-state index in [4.69, 9.17) is 5.11 Å². The maximum Gasteiger partial charge on any atom is 0.207 e. The van der Waals surface area contributed by atoms with E-state index in [-0.39, 0.29) is 5.70 Å². The summed E-state index contributed by atoms with van der Waals surface area (Å²) < 4.78 is 0. The van der Waals surface area contributed by atoms with E-state index in [1.54, 1.807) is 44.2 Å². The van der Waals surface area contributed by atoms with Crippen molar-refractivity contribution in [2.24, 2.45) is 4.99 Å². The van der Waals surface area contributed by atoms with Crippen molar-refractivity contribution < 1.29 is 9.90 Å². The van der Waals surface area contributed by atoms with Crippen molar-refractivity contribution in [2.75, 3.05) is 34.8 Å². The maximum absolute atomic E-state index is 11.2. The summed E-state index contributed by atoms with van der Waals surface area (Å²) >= 11 is 0. The Kier molecular flexibility index (Phi) is 5.55. The van der Waals surface area contributed by atoms with Crippen molar-refractivity contribution in [1.82, 2.24) is 9.80 Å². The third-order valence-corrected chi connectivity index (χ3v) is 1.24. The van der Waals surface area contributed by atoms with Gasteiger partial charge in [-0.15, -0.1) is 0 Å². The van der Waals surface area contributed by atoms with Crippen LogP contribution in [0.25, 0.3) is 0 Å². The first kappa shape index (κ1) is 12.6. The van der Waals surface area contributed by atoms with Gasteiger partial charge in [-0.2, -0.15) is 0 Å². The van der Waals surface area contributed by atoms with E-state index in [1.165, 1.54) is 6.34 Å². The fourth-order valence-electron chi connectivity index (χ4n) is 0.681. The van der Waals surface area contributed by atoms with E-state index in [2.05, 4.69) is 4.99 Å². The standard InChI is InChI=1S/C9H17N3O2/c1-11(2)5-8(9(14)6-13)10-7-12(3)4/h5,7,13H,6H2,1-4H3/b8-5+,10-7?. The van der Waals surface area contributed by atoms with E-state index >= 15 is 0 Å². The van der Waals surface area contributed by atoms with Gasteiger partial charge in [0.25, 0.3) is 0 Å². The topological polar surface area (TPSA) is 56.1 Å². The van der Waals surface area contributed by atoms with Crippen LogP contribution in [0.2, 0.25) is 0 Å². The summed E-state index contributed by atoms with van der Waals surface area (Å²) in [5.41, 5.74) is 0.242. The maximum atomic E-state index is 11.2. The van der Waals surface area contributed by atoms with Crippen molar-refractivity contribution in [3.8, 4) is 0 Å². The number of carbonyl (C=O) groups excluding carboxylic acids is 1. The molecule has 0 unspecified atom stereocenters. The van der Waals surface area contributed by atoms with Gasteiger partial charge in [0.2, 0.25) is 5.78 Å². The van der Waals surface area contributed by atoms with E-state index in [0.717, 1.165) is 0 Å². The molecular weight excluding hydrogens is 182 g/mol. The highest BCUT2D eigenvalue weighted by molar-refractivity contribution is 5.96. The third kappa shape index (κ3) is 5.31. The van der Waals surface area contributed by atoms with Gasteiger partial charge in [0.15, 0.2) is 0 Å². The Labute approximate surface area is 84.3 Å². The Balaban J connectivity index is 4.65. The predicted octanol–water partition coefficient (Wildman–Crippen LogP) is -0.459. The van der Waals surface area contributed by atoms with Crippen molar-refractivity contribution in [1.29, 1.82) is 0 Å². The molecule has 0 aliphatic heterocycles. The molecule has 0 aliphatic carbocycles. The van der Waals surface area contributed by atoms with Crippen LogP contribution in [0.15, 0.2) is 16.9 Å². The lowest BCUT2D eigenvalue weighted by atomic mass is 10.3. The Morgan fingerprint density at radius 3 is 2.21 bits per heavy atom. The second-order valence-electron chi connectivity index (χ2n) is 3.27. The van der Waals surface area contributed by atoms with Gasteiger partial charge in [-0.25, -0.2) is 4.99 Å². The lowest BCUT2D eigenvalue weighted by Crippen LogP contribution is -2.14. The second kappa shape index (κ2) is 6.15. The van der Waals surface area contributed by atoms with E-state index in [9.17, 15) is 4.79 Å². The molecule has 0 aromatic heterocycles. The highest BCUT2D eigenvalue weighted by atomic mass is 16.3. The Morgan fingerprint density at radius 2 is 1.86 bits per heavy atom. The molecule has 0 aromatic rings. The number of rotatable bonds is 5. The summed E-state index contributed by atoms with van der Waals surface area (Å²) in [5.74, 6) is -0.392. The molecule has 0 bridgehead atoms. The molecule has 0 saturated heterocycles. The van der Waals surface area contributed by atoms with Crippen molar-refractivity contribution in [3.63, 3.8) is 0 Å². The first-order valence-corrected chi connectivity index (χ1v) is 4.20. The van der Waals surface area contributed by atoms with Crippen LogP contribution in [0.5, 0.6) is 0 Å². The number of nitrogens with zero attached hydrogens (tertiary/aromatic N) is 3. The molecule has 0 spiro atoms. The van der Waals surface area contributed by atoms with Gasteiger partial charge < -0.3 is 14.9 Å². The van der Waals surface area contributed by atoms with Gasteiger partial charge in [0, 0.05) is 34.4 Å². The monoisotopic (exact) mass is 199 g/mol. The summed E-state index contributed by atoms with van der Waals surface area (Å²) in [7, 11) is 7.19.